The van der Waals surface area contributed by atoms with Gasteiger partial charge in [-0.15, -0.1) is 0 Å². The average Bonchev–Trinajstić information content (AvgIpc) is 3.26. The number of nitrogens with two attached hydrogens (primary N) is 1. The molecule has 0 aliphatic rings. The molecule has 0 spiro atoms. The van der Waals surface area contributed by atoms with E-state index in [1.54, 1.807) is 45.0 Å². The Hall–Kier alpha value is -3.21. The molecule has 1 unspecified atom stereocenters. The monoisotopic (exact) mass is 603 g/mol. The lowest BCUT2D eigenvalue weighted by Crippen LogP contribution is -2.37. The molecule has 0 saturated carbocycles. The molecule has 4 rings (SSSR count). The van der Waals surface area contributed by atoms with E-state index < -0.39 is 25.9 Å². The van der Waals surface area contributed by atoms with E-state index in [1.165, 1.54) is 6.92 Å². The topological polar surface area (TPSA) is 140 Å². The van der Waals surface area contributed by atoms with E-state index in [1.807, 2.05) is 35.8 Å². The van der Waals surface area contributed by atoms with E-state index in [2.05, 4.69) is 10.1 Å². The number of esters is 1. The molecule has 220 valence electrons. The Morgan fingerprint density at radius 3 is 2.49 bits per heavy atom. The molecule has 4 aromatic rings. The Bertz CT molecular complexity index is 1560. The van der Waals surface area contributed by atoms with Gasteiger partial charge in [-0.2, -0.15) is 5.09 Å². The van der Waals surface area contributed by atoms with Crippen molar-refractivity contribution in [1.82, 2.24) is 19.6 Å². The summed E-state index contributed by atoms with van der Waals surface area (Å²) in [5.74, 6) is 0.555. The number of benzene rings is 2. The third-order valence-electron chi connectivity index (χ3n) is 5.98. The Labute approximate surface area is 243 Å². The zero-order chi connectivity index (χ0) is 29.7. The number of ether oxygens (including phenoxy) is 2. The lowest BCUT2D eigenvalue weighted by molar-refractivity contribution is -0.149. The molecule has 0 fully saturated rings. The van der Waals surface area contributed by atoms with E-state index in [-0.39, 0.29) is 25.0 Å². The Balaban J connectivity index is 1.68. The summed E-state index contributed by atoms with van der Waals surface area (Å²) in [4.78, 5) is 21.8. The summed E-state index contributed by atoms with van der Waals surface area (Å²) in [5.41, 5.74) is 8.30. The minimum atomic E-state index is -4.13. The van der Waals surface area contributed by atoms with Gasteiger partial charge in [0.25, 0.3) is 0 Å². The van der Waals surface area contributed by atoms with Crippen LogP contribution in [0.15, 0.2) is 48.5 Å². The number of nitrogens with zero attached hydrogens (tertiary/aromatic N) is 3. The first-order valence-corrected chi connectivity index (χ1v) is 15.2. The second kappa shape index (κ2) is 13.2. The normalized spacial score (nSPS) is 14.7. The molecule has 3 N–H and O–H groups in total. The largest absolute Gasteiger partial charge is 0.462 e. The van der Waals surface area contributed by atoms with Crippen LogP contribution >= 0.6 is 19.3 Å². The number of carbonyl (C=O) groups excluding carboxylic acids is 1. The van der Waals surface area contributed by atoms with Crippen molar-refractivity contribution in [3.05, 3.63) is 59.4 Å². The molecule has 2 aromatic heterocycles. The second-order valence-electron chi connectivity index (χ2n) is 9.78. The number of anilines is 1. The zero-order valence-electron chi connectivity index (χ0n) is 23.7. The minimum absolute atomic E-state index is 0.215. The van der Waals surface area contributed by atoms with E-state index in [4.69, 9.17) is 40.8 Å². The van der Waals surface area contributed by atoms with Crippen LogP contribution in [0.25, 0.3) is 21.9 Å². The van der Waals surface area contributed by atoms with Crippen molar-refractivity contribution in [2.45, 2.75) is 66.0 Å². The Morgan fingerprint density at radius 1 is 1.10 bits per heavy atom. The van der Waals surface area contributed by atoms with Crippen LogP contribution in [0.5, 0.6) is 5.75 Å². The number of rotatable bonds is 13. The van der Waals surface area contributed by atoms with Crippen LogP contribution in [0.1, 0.15) is 40.4 Å². The quantitative estimate of drug-likeness (QED) is 0.141. The molecule has 11 nitrogen and oxygen atoms in total. The fraction of sp³-hybridized carbons (Fsp3) is 0.393. The third-order valence-corrected chi connectivity index (χ3v) is 8.02. The van der Waals surface area contributed by atoms with Crippen LogP contribution in [-0.2, 0) is 36.5 Å². The Kier molecular flexibility index (Phi) is 9.88. The summed E-state index contributed by atoms with van der Waals surface area (Å²) < 4.78 is 38.9. The number of hydrogen-bond acceptors (Lipinski definition) is 9. The maximum atomic E-state index is 14.1. The molecule has 0 aliphatic heterocycles. The van der Waals surface area contributed by atoms with Crippen LogP contribution in [-0.4, -0.2) is 45.4 Å². The van der Waals surface area contributed by atoms with Gasteiger partial charge >= 0.3 is 13.7 Å². The molecule has 0 bridgehead atoms. The number of carbonyl (C=O) groups is 1. The maximum Gasteiger partial charge on any atom is 0.459 e. The van der Waals surface area contributed by atoms with Crippen LogP contribution in [0.2, 0.25) is 5.02 Å². The van der Waals surface area contributed by atoms with Gasteiger partial charge in [-0.25, -0.2) is 14.5 Å². The van der Waals surface area contributed by atoms with Gasteiger partial charge in [-0.05, 0) is 65.0 Å². The molecular weight excluding hydrogens is 569 g/mol. The van der Waals surface area contributed by atoms with Gasteiger partial charge < -0.3 is 24.3 Å². The number of nitrogens with one attached hydrogen (secondary N) is 1. The standard InChI is InChI=1S/C28H35ClN5O6P/c1-6-37-16-24-32-25-26(22-9-7-8-10-23(22)31-27(25)30)34(24)15-18(4)39-41(36,33-19(5)28(35)38-17(2)3)40-21-13-11-20(29)12-14-21/h7-14,17-19H,6,15-16H2,1-5H3,(H2,30,31)(H,33,36)/t18-,19+,41?/m1/s1. The van der Waals surface area contributed by atoms with Crippen molar-refractivity contribution in [3.63, 3.8) is 0 Å². The highest BCUT2D eigenvalue weighted by Crippen LogP contribution is 2.46. The van der Waals surface area contributed by atoms with Crippen LogP contribution in [0, 0.1) is 0 Å². The summed E-state index contributed by atoms with van der Waals surface area (Å²) in [5, 5.41) is 4.06. The third kappa shape index (κ3) is 7.55. The van der Waals surface area contributed by atoms with Gasteiger partial charge in [0.05, 0.1) is 29.8 Å². The van der Waals surface area contributed by atoms with Crippen molar-refractivity contribution in [1.29, 1.82) is 0 Å². The summed E-state index contributed by atoms with van der Waals surface area (Å²) >= 11 is 6.01. The van der Waals surface area contributed by atoms with Crippen molar-refractivity contribution in [2.24, 2.45) is 0 Å². The summed E-state index contributed by atoms with van der Waals surface area (Å²) in [6.45, 7) is 9.56. The van der Waals surface area contributed by atoms with Crippen molar-refractivity contribution in [2.75, 3.05) is 12.3 Å². The van der Waals surface area contributed by atoms with Gasteiger partial charge in [-0.3, -0.25) is 9.32 Å². The van der Waals surface area contributed by atoms with Gasteiger partial charge in [0.15, 0.2) is 5.82 Å². The molecule has 0 aliphatic carbocycles. The van der Waals surface area contributed by atoms with Crippen LogP contribution in [0.3, 0.4) is 0 Å². The lowest BCUT2D eigenvalue weighted by atomic mass is 10.2. The first-order chi connectivity index (χ1) is 19.5. The van der Waals surface area contributed by atoms with Gasteiger partial charge in [0, 0.05) is 17.0 Å². The molecular formula is C28H35ClN5O6P. The summed E-state index contributed by atoms with van der Waals surface area (Å²) in [6.07, 6.45) is -1.04. The predicted octanol–water partition coefficient (Wildman–Crippen LogP) is 5.88. The molecule has 41 heavy (non-hydrogen) atoms. The number of fused-ring (bicyclic) bond motifs is 3. The number of imidazole rings is 1. The summed E-state index contributed by atoms with van der Waals surface area (Å²) in [7, 11) is -4.13. The second-order valence-corrected chi connectivity index (χ2v) is 11.9. The molecule has 3 atom stereocenters. The van der Waals surface area contributed by atoms with E-state index in [0.717, 1.165) is 10.9 Å². The molecule has 13 heteroatoms. The number of nitrogen functional groups attached to an aromatic ring is 1. The highest BCUT2D eigenvalue weighted by Gasteiger charge is 2.35. The fourth-order valence-corrected chi connectivity index (χ4v) is 6.07. The van der Waals surface area contributed by atoms with Crippen LogP contribution in [0.4, 0.5) is 5.82 Å². The van der Waals surface area contributed by atoms with E-state index in [9.17, 15) is 9.36 Å². The number of para-hydroxylation sites is 1. The number of pyridine rings is 1. The van der Waals surface area contributed by atoms with E-state index >= 15 is 0 Å². The first-order valence-electron chi connectivity index (χ1n) is 13.3. The average molecular weight is 604 g/mol. The van der Waals surface area contributed by atoms with Crippen molar-refractivity contribution in [3.8, 4) is 5.75 Å². The van der Waals surface area contributed by atoms with E-state index in [0.29, 0.717) is 34.3 Å². The van der Waals surface area contributed by atoms with Gasteiger partial charge in [0.1, 0.15) is 29.7 Å². The molecule has 2 heterocycles. The Morgan fingerprint density at radius 2 is 1.80 bits per heavy atom. The number of aromatic nitrogens is 3. The molecule has 0 saturated heterocycles. The van der Waals surface area contributed by atoms with Crippen LogP contribution < -0.4 is 15.3 Å². The van der Waals surface area contributed by atoms with Crippen molar-refractivity contribution >= 4 is 53.1 Å². The van der Waals surface area contributed by atoms with Crippen molar-refractivity contribution < 1.29 is 27.9 Å². The fourth-order valence-electron chi connectivity index (χ4n) is 4.27. The van der Waals surface area contributed by atoms with Gasteiger partial charge in [0.2, 0.25) is 0 Å². The lowest BCUT2D eigenvalue weighted by Gasteiger charge is -2.26. The highest BCUT2D eigenvalue weighted by atomic mass is 35.5. The van der Waals surface area contributed by atoms with Gasteiger partial charge in [-0.1, -0.05) is 29.8 Å². The SMILES string of the molecule is CCOCc1nc2c(N)nc3ccccc3c2n1C[C@@H](C)OP(=O)(N[C@@H](C)C(=O)OC(C)C)Oc1ccc(Cl)cc1. The smallest absolute Gasteiger partial charge is 0.459 e. The maximum absolute atomic E-state index is 14.1. The number of hydrogen-bond donors (Lipinski definition) is 2. The number of halogens is 1. The zero-order valence-corrected chi connectivity index (χ0v) is 25.3. The highest BCUT2D eigenvalue weighted by molar-refractivity contribution is 7.52. The minimum Gasteiger partial charge on any atom is -0.462 e. The molecule has 2 aromatic carbocycles. The predicted molar refractivity (Wildman–Crippen MR) is 159 cm³/mol. The first kappa shape index (κ1) is 30.7. The molecule has 0 amide bonds. The molecule has 0 radical (unpaired) electrons. The summed E-state index contributed by atoms with van der Waals surface area (Å²) in [6, 6.07) is 13.0.